The van der Waals surface area contributed by atoms with Crippen molar-refractivity contribution in [3.8, 4) is 0 Å². The first-order valence-electron chi connectivity index (χ1n) is 20.0. The van der Waals surface area contributed by atoms with Gasteiger partial charge in [-0.15, -0.1) is 5.19 Å². The standard InChI is InChI=1S/C45H75Si7.3ClH.Ti/c1-32-33(2)35(4)45(34(32)3)52(39-26-23-36(46(5,6)7)29-42(39)49(14,15)16,40-27-24-37(47(8,9)10)30-43(40)50(17,18)19)41-28-25-38(48(11,12)13)31-44(41)51(20,21)22;;;;/h23-31H,1-22H3;3*1H;/q-1;;;;+4/p-3. The molecule has 0 aromatic heterocycles. The van der Waals surface area contributed by atoms with Crippen LogP contribution in [0.25, 0.3) is 0 Å². The third-order valence-electron chi connectivity index (χ3n) is 12.1. The molecule has 0 fully saturated rings. The van der Waals surface area contributed by atoms with Crippen molar-refractivity contribution in [3.63, 3.8) is 0 Å². The van der Waals surface area contributed by atoms with Crippen LogP contribution in [0.4, 0.5) is 0 Å². The smallest absolute Gasteiger partial charge is 1.00 e. The van der Waals surface area contributed by atoms with Crippen LogP contribution in [0, 0.1) is 27.7 Å². The minimum absolute atomic E-state index is 0. The van der Waals surface area contributed by atoms with Gasteiger partial charge in [0, 0.05) is 0 Å². The molecule has 0 N–H and O–H groups in total. The number of rotatable bonds is 10. The maximum Gasteiger partial charge on any atom is 4.00 e. The van der Waals surface area contributed by atoms with Crippen molar-refractivity contribution in [1.29, 1.82) is 0 Å². The molecule has 0 unspecified atom stereocenters. The Kier molecular flexibility index (Phi) is 18.7. The van der Waals surface area contributed by atoms with Gasteiger partial charge >= 0.3 is 21.7 Å². The number of benzene rings is 3. The second kappa shape index (κ2) is 18.6. The van der Waals surface area contributed by atoms with E-state index >= 15 is 0 Å². The molecule has 0 saturated heterocycles. The molecule has 0 nitrogen and oxygen atoms in total. The van der Waals surface area contributed by atoms with E-state index < -0.39 is 56.5 Å². The van der Waals surface area contributed by atoms with Gasteiger partial charge in [-0.1, -0.05) is 247 Å². The maximum absolute atomic E-state index is 2.96. The van der Waals surface area contributed by atoms with Crippen molar-refractivity contribution in [1.82, 2.24) is 0 Å². The van der Waals surface area contributed by atoms with Crippen LogP contribution >= 0.6 is 0 Å². The van der Waals surface area contributed by atoms with Crippen LogP contribution in [0.1, 0.15) is 22.3 Å². The van der Waals surface area contributed by atoms with E-state index in [1.165, 1.54) is 11.1 Å². The fourth-order valence-electron chi connectivity index (χ4n) is 8.50. The van der Waals surface area contributed by atoms with Crippen molar-refractivity contribution in [3.05, 3.63) is 76.9 Å². The average Bonchev–Trinajstić information content (AvgIpc) is 3.17. The van der Waals surface area contributed by atoms with Crippen LogP contribution < -0.4 is 89.1 Å². The van der Waals surface area contributed by atoms with E-state index in [0.717, 1.165) is 0 Å². The monoisotopic (exact) mass is 964 g/mol. The zero-order valence-corrected chi connectivity index (χ0v) is 50.2. The van der Waals surface area contributed by atoms with E-state index in [2.05, 4.69) is 200 Å². The van der Waals surface area contributed by atoms with Gasteiger partial charge in [-0.05, 0) is 0 Å². The van der Waals surface area contributed by atoms with Gasteiger partial charge in [0.1, 0.15) is 8.07 Å². The van der Waals surface area contributed by atoms with Crippen LogP contribution in [0.5, 0.6) is 0 Å². The molecule has 4 aromatic carbocycles. The van der Waals surface area contributed by atoms with Crippen molar-refractivity contribution in [2.24, 2.45) is 0 Å². The van der Waals surface area contributed by atoms with Crippen molar-refractivity contribution >= 4 is 108 Å². The summed E-state index contributed by atoms with van der Waals surface area (Å²) < 4.78 is 0. The summed E-state index contributed by atoms with van der Waals surface area (Å²) in [6, 6.07) is 24.3. The molecular formula is C45H75Cl3Si7Ti. The Bertz CT molecular complexity index is 1790. The Morgan fingerprint density at radius 1 is 0.321 bits per heavy atom. The quantitative estimate of drug-likeness (QED) is 0.101. The van der Waals surface area contributed by atoms with Crippen LogP contribution in [0.15, 0.2) is 54.6 Å². The summed E-state index contributed by atoms with van der Waals surface area (Å²) in [7, 11) is -13.2. The number of halogens is 3. The molecule has 0 aliphatic heterocycles. The Morgan fingerprint density at radius 2 is 0.536 bits per heavy atom. The zero-order chi connectivity index (χ0) is 39.9. The second-order valence-corrected chi connectivity index (χ2v) is 56.4. The SMILES string of the molecule is Cc1c(C)c(C)[c-]([Si](c2ccc([Si](C)(C)C)cc2[Si](C)(C)C)(c2ccc([Si](C)(C)C)cc2[Si](C)(C)C)c2ccc([Si](C)(C)C)cc2[Si](C)(C)C)c1C.[Cl-].[Cl-].[Cl-].[Ti+4]. The molecular weight excluding hydrogens is 891 g/mol. The topological polar surface area (TPSA) is 0 Å². The molecule has 4 aromatic rings. The summed E-state index contributed by atoms with van der Waals surface area (Å²) in [5, 5.41) is 16.8. The first-order chi connectivity index (χ1) is 23.3. The summed E-state index contributed by atoms with van der Waals surface area (Å²) in [5.74, 6) is 0. The zero-order valence-electron chi connectivity index (χ0n) is 39.3. The predicted molar refractivity (Wildman–Crippen MR) is 262 cm³/mol. The van der Waals surface area contributed by atoms with E-state index in [1.807, 2.05) is 0 Å². The van der Waals surface area contributed by atoms with E-state index in [-0.39, 0.29) is 58.9 Å². The maximum atomic E-state index is 2.76. The van der Waals surface area contributed by atoms with Gasteiger partial charge in [-0.25, -0.2) is 0 Å². The Labute approximate surface area is 386 Å². The van der Waals surface area contributed by atoms with Crippen molar-refractivity contribution < 1.29 is 58.9 Å². The number of hydrogen-bond acceptors (Lipinski definition) is 0. The molecule has 0 spiro atoms. The van der Waals surface area contributed by atoms with E-state index in [1.54, 1.807) is 63.0 Å². The van der Waals surface area contributed by atoms with Gasteiger partial charge < -0.3 is 37.2 Å². The average molecular weight is 967 g/mol. The Morgan fingerprint density at radius 3 is 0.714 bits per heavy atom. The molecule has 0 radical (unpaired) electrons. The molecule has 308 valence electrons. The van der Waals surface area contributed by atoms with Crippen molar-refractivity contribution in [2.75, 3.05) is 0 Å². The molecule has 56 heavy (non-hydrogen) atoms. The fourth-order valence-corrected chi connectivity index (χ4v) is 27.5. The largest absolute Gasteiger partial charge is 4.00 e. The summed E-state index contributed by atoms with van der Waals surface area (Å²) in [6.07, 6.45) is 0. The first kappa shape index (κ1) is 56.1. The summed E-state index contributed by atoms with van der Waals surface area (Å²) in [6.45, 7) is 56.3. The van der Waals surface area contributed by atoms with Crippen LogP contribution in [0.2, 0.25) is 118 Å². The van der Waals surface area contributed by atoms with E-state index in [4.69, 9.17) is 0 Å². The van der Waals surface area contributed by atoms with Crippen molar-refractivity contribution in [2.45, 2.75) is 146 Å². The van der Waals surface area contributed by atoms with Gasteiger partial charge in [0.15, 0.2) is 0 Å². The first-order valence-corrected chi connectivity index (χ1v) is 43.0. The van der Waals surface area contributed by atoms with Crippen LogP contribution in [-0.4, -0.2) is 56.5 Å². The molecule has 0 atom stereocenters. The Hall–Kier alpha value is 0.112. The van der Waals surface area contributed by atoms with Gasteiger partial charge in [0.05, 0.1) is 48.4 Å². The molecule has 0 bridgehead atoms. The normalized spacial score (nSPS) is 13.0. The second-order valence-electron chi connectivity index (χ2n) is 22.4. The third-order valence-corrected chi connectivity index (χ3v) is 30.3. The summed E-state index contributed by atoms with van der Waals surface area (Å²) in [5.41, 5.74) is 6.09. The van der Waals surface area contributed by atoms with Gasteiger partial charge in [0.25, 0.3) is 0 Å². The fraction of sp³-hybridized carbons (Fsp3) is 0.489. The minimum atomic E-state index is -2.96. The third kappa shape index (κ3) is 10.8. The predicted octanol–water partition coefficient (Wildman–Crippen LogP) is -1.70. The summed E-state index contributed by atoms with van der Waals surface area (Å²) in [4.78, 5) is 0. The van der Waals surface area contributed by atoms with E-state index in [9.17, 15) is 0 Å². The Balaban J connectivity index is 0.00000756. The molecule has 0 heterocycles. The summed E-state index contributed by atoms with van der Waals surface area (Å²) >= 11 is 0. The molecule has 0 aliphatic carbocycles. The van der Waals surface area contributed by atoms with Gasteiger partial charge in [-0.2, -0.15) is 22.3 Å². The number of hydrogen-bond donors (Lipinski definition) is 0. The molecule has 4 rings (SSSR count). The van der Waals surface area contributed by atoms with Gasteiger partial charge in [0.2, 0.25) is 0 Å². The molecule has 11 heteroatoms. The van der Waals surface area contributed by atoms with E-state index in [0.29, 0.717) is 0 Å². The molecule has 0 aliphatic rings. The van der Waals surface area contributed by atoms with Crippen LogP contribution in [0.3, 0.4) is 0 Å². The minimum Gasteiger partial charge on any atom is -1.00 e. The van der Waals surface area contributed by atoms with Gasteiger partial charge in [-0.3, -0.25) is 0 Å². The van der Waals surface area contributed by atoms with Crippen LogP contribution in [-0.2, 0) is 21.7 Å². The molecule has 0 amide bonds. The molecule has 0 saturated carbocycles.